The summed E-state index contributed by atoms with van der Waals surface area (Å²) in [6.45, 7) is 3.06. The van der Waals surface area contributed by atoms with Crippen molar-refractivity contribution in [2.45, 2.75) is 38.0 Å². The van der Waals surface area contributed by atoms with Gasteiger partial charge in [-0.1, -0.05) is 42.5 Å². The lowest BCUT2D eigenvalue weighted by atomic mass is 9.89. The third-order valence-corrected chi connectivity index (χ3v) is 5.56. The number of hydrogen-bond acceptors (Lipinski definition) is 2. The van der Waals surface area contributed by atoms with Gasteiger partial charge >= 0.3 is 0 Å². The van der Waals surface area contributed by atoms with Gasteiger partial charge in [-0.3, -0.25) is 4.79 Å². The molecule has 2 heterocycles. The summed E-state index contributed by atoms with van der Waals surface area (Å²) in [5, 5.41) is 3.42. The molecule has 2 aromatic rings. The minimum Gasteiger partial charge on any atom is -0.317 e. The molecule has 0 atom stereocenters. The fourth-order valence-corrected chi connectivity index (χ4v) is 4.13. The molecule has 3 heteroatoms. The molecule has 2 aliphatic heterocycles. The molecule has 3 nitrogen and oxygen atoms in total. The number of rotatable bonds is 3. The van der Waals surface area contributed by atoms with E-state index in [0.29, 0.717) is 12.3 Å². The standard InChI is InChI=1S/C22H26N2O/c25-22(24-15-3-5-20-4-1-2-6-21(20)24)16-17-7-9-18(10-8-17)19-11-13-23-14-12-19/h1-2,4,6-10,19,23H,3,5,11-16H2. The summed E-state index contributed by atoms with van der Waals surface area (Å²) in [6, 6.07) is 17.0. The molecule has 0 radical (unpaired) electrons. The molecule has 25 heavy (non-hydrogen) atoms. The van der Waals surface area contributed by atoms with Crippen LogP contribution in [0.15, 0.2) is 48.5 Å². The molecule has 0 bridgehead atoms. The van der Waals surface area contributed by atoms with E-state index in [2.05, 4.69) is 47.8 Å². The molecule has 4 rings (SSSR count). The number of para-hydroxylation sites is 1. The van der Waals surface area contributed by atoms with E-state index >= 15 is 0 Å². The quantitative estimate of drug-likeness (QED) is 0.929. The van der Waals surface area contributed by atoms with E-state index in [-0.39, 0.29) is 5.91 Å². The van der Waals surface area contributed by atoms with Crippen LogP contribution in [-0.4, -0.2) is 25.5 Å². The van der Waals surface area contributed by atoms with Crippen molar-refractivity contribution in [2.75, 3.05) is 24.5 Å². The van der Waals surface area contributed by atoms with Gasteiger partial charge in [-0.2, -0.15) is 0 Å². The highest BCUT2D eigenvalue weighted by Gasteiger charge is 2.22. The Kier molecular flexibility index (Phi) is 4.84. The Morgan fingerprint density at radius 3 is 2.60 bits per heavy atom. The Bertz CT molecular complexity index is 732. The molecule has 0 saturated carbocycles. The molecule has 130 valence electrons. The van der Waals surface area contributed by atoms with E-state index in [4.69, 9.17) is 0 Å². The van der Waals surface area contributed by atoms with Crippen molar-refractivity contribution in [1.82, 2.24) is 5.32 Å². The maximum absolute atomic E-state index is 12.8. The smallest absolute Gasteiger partial charge is 0.231 e. The second-order valence-corrected chi connectivity index (χ2v) is 7.22. The molecule has 1 amide bonds. The van der Waals surface area contributed by atoms with Crippen LogP contribution in [-0.2, 0) is 17.6 Å². The Balaban J connectivity index is 1.44. The second kappa shape index (κ2) is 7.40. The number of benzene rings is 2. The van der Waals surface area contributed by atoms with E-state index in [0.717, 1.165) is 43.7 Å². The molecule has 0 spiro atoms. The predicted molar refractivity (Wildman–Crippen MR) is 102 cm³/mol. The number of fused-ring (bicyclic) bond motifs is 1. The van der Waals surface area contributed by atoms with Gasteiger partial charge in [0.1, 0.15) is 0 Å². The summed E-state index contributed by atoms with van der Waals surface area (Å²) >= 11 is 0. The SMILES string of the molecule is O=C(Cc1ccc(C2CCNCC2)cc1)N1CCCc2ccccc21. The Labute approximate surface area is 150 Å². The normalized spacial score (nSPS) is 18.0. The molecule has 1 N–H and O–H groups in total. The summed E-state index contributed by atoms with van der Waals surface area (Å²) < 4.78 is 0. The monoisotopic (exact) mass is 334 g/mol. The van der Waals surface area contributed by atoms with Crippen LogP contribution < -0.4 is 10.2 Å². The van der Waals surface area contributed by atoms with Gasteiger partial charge in [0, 0.05) is 12.2 Å². The topological polar surface area (TPSA) is 32.3 Å². The predicted octanol–water partition coefficient (Wildman–Crippen LogP) is 3.68. The molecular formula is C22H26N2O. The molecule has 0 aliphatic carbocycles. The summed E-state index contributed by atoms with van der Waals surface area (Å²) in [7, 11) is 0. The number of carbonyl (C=O) groups is 1. The number of piperidine rings is 1. The van der Waals surface area contributed by atoms with Crippen molar-refractivity contribution in [3.05, 3.63) is 65.2 Å². The second-order valence-electron chi connectivity index (χ2n) is 7.22. The van der Waals surface area contributed by atoms with Gasteiger partial charge in [0.2, 0.25) is 5.91 Å². The summed E-state index contributed by atoms with van der Waals surface area (Å²) in [5.74, 6) is 0.877. The highest BCUT2D eigenvalue weighted by molar-refractivity contribution is 5.95. The number of nitrogens with zero attached hydrogens (tertiary/aromatic N) is 1. The van der Waals surface area contributed by atoms with Gasteiger partial charge in [-0.25, -0.2) is 0 Å². The first-order valence-electron chi connectivity index (χ1n) is 9.49. The number of hydrogen-bond donors (Lipinski definition) is 1. The first kappa shape index (κ1) is 16.3. The van der Waals surface area contributed by atoms with Crippen LogP contribution in [0.5, 0.6) is 0 Å². The lowest BCUT2D eigenvalue weighted by Crippen LogP contribution is -2.36. The average Bonchev–Trinajstić information content (AvgIpc) is 2.69. The molecule has 1 fully saturated rings. The Hall–Kier alpha value is -2.13. The van der Waals surface area contributed by atoms with Crippen molar-refractivity contribution in [2.24, 2.45) is 0 Å². The molecule has 0 aromatic heterocycles. The van der Waals surface area contributed by atoms with Crippen molar-refractivity contribution < 1.29 is 4.79 Å². The van der Waals surface area contributed by atoms with Gasteiger partial charge in [0.15, 0.2) is 0 Å². The minimum absolute atomic E-state index is 0.210. The van der Waals surface area contributed by atoms with Gasteiger partial charge < -0.3 is 10.2 Å². The van der Waals surface area contributed by atoms with E-state index in [1.807, 2.05) is 11.0 Å². The molecular weight excluding hydrogens is 308 g/mol. The van der Waals surface area contributed by atoms with Crippen molar-refractivity contribution in [3.63, 3.8) is 0 Å². The van der Waals surface area contributed by atoms with Crippen molar-refractivity contribution >= 4 is 11.6 Å². The molecule has 0 unspecified atom stereocenters. The van der Waals surface area contributed by atoms with Crippen molar-refractivity contribution in [3.8, 4) is 0 Å². The number of carbonyl (C=O) groups excluding carboxylic acids is 1. The fourth-order valence-electron chi connectivity index (χ4n) is 4.13. The average molecular weight is 334 g/mol. The third-order valence-electron chi connectivity index (χ3n) is 5.56. The van der Waals surface area contributed by atoms with Crippen LogP contribution >= 0.6 is 0 Å². The third kappa shape index (κ3) is 3.62. The van der Waals surface area contributed by atoms with E-state index in [1.165, 1.54) is 24.0 Å². The van der Waals surface area contributed by atoms with E-state index in [9.17, 15) is 4.79 Å². The number of anilines is 1. The summed E-state index contributed by atoms with van der Waals surface area (Å²) in [4.78, 5) is 14.8. The summed E-state index contributed by atoms with van der Waals surface area (Å²) in [6.07, 6.45) is 5.04. The van der Waals surface area contributed by atoms with Crippen LogP contribution in [0.3, 0.4) is 0 Å². The van der Waals surface area contributed by atoms with Crippen LogP contribution in [0, 0.1) is 0 Å². The zero-order chi connectivity index (χ0) is 17.1. The Morgan fingerprint density at radius 2 is 1.80 bits per heavy atom. The maximum Gasteiger partial charge on any atom is 0.231 e. The van der Waals surface area contributed by atoms with E-state index < -0.39 is 0 Å². The van der Waals surface area contributed by atoms with Crippen LogP contribution in [0.2, 0.25) is 0 Å². The van der Waals surface area contributed by atoms with Crippen LogP contribution in [0.4, 0.5) is 5.69 Å². The van der Waals surface area contributed by atoms with Crippen LogP contribution in [0.1, 0.15) is 41.9 Å². The number of amides is 1. The molecule has 2 aliphatic rings. The maximum atomic E-state index is 12.8. The molecule has 2 aromatic carbocycles. The minimum atomic E-state index is 0.210. The number of aryl methyl sites for hydroxylation is 1. The molecule has 1 saturated heterocycles. The lowest BCUT2D eigenvalue weighted by molar-refractivity contribution is -0.118. The van der Waals surface area contributed by atoms with Gasteiger partial charge in [-0.15, -0.1) is 0 Å². The zero-order valence-corrected chi connectivity index (χ0v) is 14.7. The fraction of sp³-hybridized carbons (Fsp3) is 0.409. The highest BCUT2D eigenvalue weighted by Crippen LogP contribution is 2.28. The van der Waals surface area contributed by atoms with E-state index in [1.54, 1.807) is 0 Å². The first-order chi connectivity index (χ1) is 12.3. The Morgan fingerprint density at radius 1 is 1.04 bits per heavy atom. The number of nitrogens with one attached hydrogen (secondary N) is 1. The van der Waals surface area contributed by atoms with Gasteiger partial charge in [-0.05, 0) is 67.4 Å². The van der Waals surface area contributed by atoms with Gasteiger partial charge in [0.05, 0.1) is 6.42 Å². The first-order valence-corrected chi connectivity index (χ1v) is 9.49. The summed E-state index contributed by atoms with van der Waals surface area (Å²) in [5.41, 5.74) is 4.93. The lowest BCUT2D eigenvalue weighted by Gasteiger charge is -2.29. The highest BCUT2D eigenvalue weighted by atomic mass is 16.2. The van der Waals surface area contributed by atoms with Crippen molar-refractivity contribution in [1.29, 1.82) is 0 Å². The zero-order valence-electron chi connectivity index (χ0n) is 14.7. The van der Waals surface area contributed by atoms with Crippen LogP contribution in [0.25, 0.3) is 0 Å². The largest absolute Gasteiger partial charge is 0.317 e. The van der Waals surface area contributed by atoms with Gasteiger partial charge in [0.25, 0.3) is 0 Å².